The first-order valence-electron chi connectivity index (χ1n) is 6.94. The predicted octanol–water partition coefficient (Wildman–Crippen LogP) is 2.56. The minimum absolute atomic E-state index is 0.145. The number of amides is 1. The maximum absolute atomic E-state index is 12.5. The van der Waals surface area contributed by atoms with Crippen molar-refractivity contribution in [1.82, 2.24) is 10.2 Å². The highest BCUT2D eigenvalue weighted by atomic mass is 35.5. The Labute approximate surface area is 118 Å². The van der Waals surface area contributed by atoms with Crippen LogP contribution in [0.4, 0.5) is 0 Å². The van der Waals surface area contributed by atoms with Crippen LogP contribution in [-0.2, 0) is 0 Å². The van der Waals surface area contributed by atoms with Gasteiger partial charge in [0.2, 0.25) is 0 Å². The third-order valence-corrected chi connectivity index (χ3v) is 4.73. The van der Waals surface area contributed by atoms with Gasteiger partial charge in [-0.1, -0.05) is 11.6 Å². The predicted molar refractivity (Wildman–Crippen MR) is 76.5 cm³/mol. The molecule has 102 valence electrons. The highest BCUT2D eigenvalue weighted by molar-refractivity contribution is 6.30. The van der Waals surface area contributed by atoms with Crippen molar-refractivity contribution in [2.45, 2.75) is 19.3 Å². The zero-order valence-electron chi connectivity index (χ0n) is 11.0. The molecule has 1 aromatic rings. The normalized spacial score (nSPS) is 21.8. The first-order valence-corrected chi connectivity index (χ1v) is 7.32. The van der Waals surface area contributed by atoms with Crippen molar-refractivity contribution in [2.24, 2.45) is 5.41 Å². The maximum Gasteiger partial charge on any atom is 0.253 e. The number of nitrogens with one attached hydrogen (secondary N) is 1. The molecule has 0 saturated carbocycles. The quantitative estimate of drug-likeness (QED) is 0.856. The first kappa shape index (κ1) is 12.9. The Morgan fingerprint density at radius 2 is 1.84 bits per heavy atom. The molecule has 0 unspecified atom stereocenters. The summed E-state index contributed by atoms with van der Waals surface area (Å²) < 4.78 is 0. The van der Waals surface area contributed by atoms with E-state index in [4.69, 9.17) is 11.6 Å². The van der Waals surface area contributed by atoms with Gasteiger partial charge in [0.15, 0.2) is 0 Å². The number of rotatable bonds is 1. The number of carbonyl (C=O) groups is 1. The molecule has 1 amide bonds. The van der Waals surface area contributed by atoms with Crippen molar-refractivity contribution in [2.75, 3.05) is 26.2 Å². The van der Waals surface area contributed by atoms with Crippen LogP contribution in [0.1, 0.15) is 29.6 Å². The summed E-state index contributed by atoms with van der Waals surface area (Å²) in [5.41, 5.74) is 1.11. The number of carbonyl (C=O) groups excluding carboxylic acids is 1. The Bertz CT molecular complexity index is 466. The fourth-order valence-corrected chi connectivity index (χ4v) is 3.37. The van der Waals surface area contributed by atoms with E-state index >= 15 is 0 Å². The Kier molecular flexibility index (Phi) is 3.50. The number of nitrogens with zero attached hydrogens (tertiary/aromatic N) is 1. The first-order chi connectivity index (χ1) is 9.19. The van der Waals surface area contributed by atoms with Gasteiger partial charge in [0.05, 0.1) is 0 Å². The molecule has 0 radical (unpaired) electrons. The fourth-order valence-electron chi connectivity index (χ4n) is 3.25. The van der Waals surface area contributed by atoms with E-state index in [2.05, 4.69) is 5.32 Å². The molecular formula is C15H19ClN2O. The van der Waals surface area contributed by atoms with Gasteiger partial charge in [0.1, 0.15) is 0 Å². The minimum atomic E-state index is 0.145. The molecule has 0 aromatic heterocycles. The van der Waals surface area contributed by atoms with Crippen molar-refractivity contribution in [1.29, 1.82) is 0 Å². The molecule has 3 nitrogen and oxygen atoms in total. The number of hydrogen-bond donors (Lipinski definition) is 1. The molecule has 3 rings (SSSR count). The van der Waals surface area contributed by atoms with Crippen LogP contribution < -0.4 is 5.32 Å². The van der Waals surface area contributed by atoms with E-state index in [0.717, 1.165) is 38.2 Å². The van der Waals surface area contributed by atoms with E-state index in [9.17, 15) is 4.79 Å². The van der Waals surface area contributed by atoms with E-state index in [0.29, 0.717) is 10.4 Å². The lowest BCUT2D eigenvalue weighted by Crippen LogP contribution is -2.39. The molecule has 1 spiro atoms. The number of halogens is 1. The largest absolute Gasteiger partial charge is 0.338 e. The zero-order valence-corrected chi connectivity index (χ0v) is 11.7. The SMILES string of the molecule is O=C(c1ccc(Cl)cc1)N1CCC2(CCNCC2)C1. The molecule has 1 aromatic carbocycles. The minimum Gasteiger partial charge on any atom is -0.338 e. The highest BCUT2D eigenvalue weighted by Crippen LogP contribution is 2.38. The van der Waals surface area contributed by atoms with Crippen LogP contribution in [0, 0.1) is 5.41 Å². The van der Waals surface area contributed by atoms with E-state index in [1.807, 2.05) is 17.0 Å². The second-order valence-electron chi connectivity index (χ2n) is 5.73. The van der Waals surface area contributed by atoms with Gasteiger partial charge in [-0.25, -0.2) is 0 Å². The Morgan fingerprint density at radius 3 is 2.53 bits per heavy atom. The summed E-state index contributed by atoms with van der Waals surface area (Å²) in [7, 11) is 0. The van der Waals surface area contributed by atoms with Gasteiger partial charge in [-0.2, -0.15) is 0 Å². The summed E-state index contributed by atoms with van der Waals surface area (Å²) in [6.45, 7) is 3.98. The second kappa shape index (κ2) is 5.14. The van der Waals surface area contributed by atoms with Crippen LogP contribution in [-0.4, -0.2) is 37.0 Å². The summed E-state index contributed by atoms with van der Waals surface area (Å²) in [6, 6.07) is 7.20. The average Bonchev–Trinajstić information content (AvgIpc) is 2.83. The standard InChI is InChI=1S/C15H19ClN2O/c16-13-3-1-12(2-4-13)14(19)18-10-7-15(11-18)5-8-17-9-6-15/h1-4,17H,5-11H2. The van der Waals surface area contributed by atoms with Gasteiger partial charge in [-0.05, 0) is 62.0 Å². The Hall–Kier alpha value is -1.06. The molecule has 0 atom stereocenters. The maximum atomic E-state index is 12.5. The van der Waals surface area contributed by atoms with Gasteiger partial charge in [-0.15, -0.1) is 0 Å². The molecule has 2 fully saturated rings. The summed E-state index contributed by atoms with van der Waals surface area (Å²) in [4.78, 5) is 14.5. The van der Waals surface area contributed by atoms with E-state index in [1.165, 1.54) is 12.8 Å². The van der Waals surface area contributed by atoms with E-state index in [1.54, 1.807) is 12.1 Å². The van der Waals surface area contributed by atoms with Crippen molar-refractivity contribution in [3.05, 3.63) is 34.9 Å². The number of hydrogen-bond acceptors (Lipinski definition) is 2. The Morgan fingerprint density at radius 1 is 1.16 bits per heavy atom. The van der Waals surface area contributed by atoms with Crippen molar-refractivity contribution >= 4 is 17.5 Å². The molecule has 19 heavy (non-hydrogen) atoms. The van der Waals surface area contributed by atoms with Crippen LogP contribution in [0.3, 0.4) is 0 Å². The average molecular weight is 279 g/mol. The molecule has 0 bridgehead atoms. The monoisotopic (exact) mass is 278 g/mol. The smallest absolute Gasteiger partial charge is 0.253 e. The van der Waals surface area contributed by atoms with Gasteiger partial charge in [-0.3, -0.25) is 4.79 Å². The Balaban J connectivity index is 1.70. The molecule has 2 heterocycles. The lowest BCUT2D eigenvalue weighted by Gasteiger charge is -2.33. The van der Waals surface area contributed by atoms with Gasteiger partial charge < -0.3 is 10.2 Å². The number of benzene rings is 1. The number of likely N-dealkylation sites (tertiary alicyclic amines) is 1. The molecule has 1 N–H and O–H groups in total. The van der Waals surface area contributed by atoms with Crippen molar-refractivity contribution in [3.8, 4) is 0 Å². The third-order valence-electron chi connectivity index (χ3n) is 4.48. The van der Waals surface area contributed by atoms with E-state index < -0.39 is 0 Å². The lowest BCUT2D eigenvalue weighted by atomic mass is 9.78. The summed E-state index contributed by atoms with van der Waals surface area (Å²) in [5, 5.41) is 4.07. The molecular weight excluding hydrogens is 260 g/mol. The molecule has 2 saturated heterocycles. The fraction of sp³-hybridized carbons (Fsp3) is 0.533. The zero-order chi connectivity index (χ0) is 13.3. The van der Waals surface area contributed by atoms with Crippen LogP contribution in [0.2, 0.25) is 5.02 Å². The summed E-state index contributed by atoms with van der Waals surface area (Å²) in [6.07, 6.45) is 3.53. The topological polar surface area (TPSA) is 32.3 Å². The van der Waals surface area contributed by atoms with Crippen LogP contribution in [0.15, 0.2) is 24.3 Å². The molecule has 0 aliphatic carbocycles. The van der Waals surface area contributed by atoms with Crippen LogP contribution in [0.25, 0.3) is 0 Å². The molecule has 2 aliphatic heterocycles. The van der Waals surface area contributed by atoms with Gasteiger partial charge in [0.25, 0.3) is 5.91 Å². The van der Waals surface area contributed by atoms with Crippen LogP contribution >= 0.6 is 11.6 Å². The summed E-state index contributed by atoms with van der Waals surface area (Å²) in [5.74, 6) is 0.145. The third kappa shape index (κ3) is 2.63. The van der Waals surface area contributed by atoms with Gasteiger partial charge in [0, 0.05) is 23.7 Å². The van der Waals surface area contributed by atoms with Crippen LogP contribution in [0.5, 0.6) is 0 Å². The molecule has 4 heteroatoms. The van der Waals surface area contributed by atoms with Crippen molar-refractivity contribution < 1.29 is 4.79 Å². The number of piperidine rings is 1. The molecule has 2 aliphatic rings. The van der Waals surface area contributed by atoms with Gasteiger partial charge >= 0.3 is 0 Å². The summed E-state index contributed by atoms with van der Waals surface area (Å²) >= 11 is 5.86. The van der Waals surface area contributed by atoms with Crippen molar-refractivity contribution in [3.63, 3.8) is 0 Å². The van der Waals surface area contributed by atoms with E-state index in [-0.39, 0.29) is 5.91 Å². The highest BCUT2D eigenvalue weighted by Gasteiger charge is 2.40. The lowest BCUT2D eigenvalue weighted by molar-refractivity contribution is 0.0762. The second-order valence-corrected chi connectivity index (χ2v) is 6.17.